The van der Waals surface area contributed by atoms with Crippen molar-refractivity contribution in [3.05, 3.63) is 22.9 Å². The molecule has 8 heteroatoms. The Hall–Kier alpha value is -0.990. The average Bonchev–Trinajstić information content (AvgIpc) is 2.36. The first-order chi connectivity index (χ1) is 8.87. The molecule has 0 radical (unpaired) electrons. The molecule has 0 aliphatic heterocycles. The number of rotatable bonds is 6. The third kappa shape index (κ3) is 4.55. The maximum atomic E-state index is 12.2. The summed E-state index contributed by atoms with van der Waals surface area (Å²) in [5.41, 5.74) is 0. The normalized spacial score (nSPS) is 11.6. The van der Waals surface area contributed by atoms with E-state index in [4.69, 9.17) is 0 Å². The van der Waals surface area contributed by atoms with Crippen molar-refractivity contribution in [2.24, 2.45) is 0 Å². The van der Waals surface area contributed by atoms with Gasteiger partial charge in [-0.15, -0.1) is 0 Å². The molecule has 1 amide bonds. The van der Waals surface area contributed by atoms with Crippen molar-refractivity contribution in [3.63, 3.8) is 0 Å². The lowest BCUT2D eigenvalue weighted by Crippen LogP contribution is -2.38. The van der Waals surface area contributed by atoms with Crippen molar-refractivity contribution in [1.82, 2.24) is 14.6 Å². The van der Waals surface area contributed by atoms with Gasteiger partial charge in [0.25, 0.3) is 0 Å². The van der Waals surface area contributed by atoms with Crippen LogP contribution in [0.15, 0.2) is 27.8 Å². The lowest BCUT2D eigenvalue weighted by Gasteiger charge is -2.16. The Morgan fingerprint density at radius 3 is 2.74 bits per heavy atom. The lowest BCUT2D eigenvalue weighted by molar-refractivity contribution is -0.121. The Kier molecular flexibility index (Phi) is 5.89. The van der Waals surface area contributed by atoms with Gasteiger partial charge >= 0.3 is 0 Å². The maximum Gasteiger partial charge on any atom is 0.244 e. The van der Waals surface area contributed by atoms with Gasteiger partial charge in [0.2, 0.25) is 15.9 Å². The highest BCUT2D eigenvalue weighted by Gasteiger charge is 2.23. The Labute approximate surface area is 121 Å². The molecule has 0 bridgehead atoms. The van der Waals surface area contributed by atoms with Crippen molar-refractivity contribution >= 4 is 31.9 Å². The number of sulfonamides is 1. The average molecular weight is 350 g/mol. The van der Waals surface area contributed by atoms with E-state index < -0.39 is 10.0 Å². The van der Waals surface area contributed by atoms with Crippen LogP contribution in [-0.2, 0) is 14.8 Å². The maximum absolute atomic E-state index is 12.2. The number of aromatic nitrogens is 1. The zero-order chi connectivity index (χ0) is 14.5. The standard InChI is InChI=1S/C11H16BrN3O3S/c1-3-4-14-11(16)8-15(2)19(17,18)10-5-9(12)6-13-7-10/h5-7H,3-4,8H2,1-2H3,(H,14,16). The molecule has 0 aliphatic carbocycles. The third-order valence-electron chi connectivity index (χ3n) is 2.33. The van der Waals surface area contributed by atoms with Crippen LogP contribution in [0, 0.1) is 0 Å². The van der Waals surface area contributed by atoms with Crippen molar-refractivity contribution in [2.45, 2.75) is 18.2 Å². The summed E-state index contributed by atoms with van der Waals surface area (Å²) in [6, 6.07) is 1.45. The van der Waals surface area contributed by atoms with Crippen LogP contribution in [0.1, 0.15) is 13.3 Å². The molecule has 0 spiro atoms. The summed E-state index contributed by atoms with van der Waals surface area (Å²) >= 11 is 3.16. The van der Waals surface area contributed by atoms with Gasteiger partial charge in [0, 0.05) is 30.5 Å². The number of pyridine rings is 1. The Morgan fingerprint density at radius 2 is 2.16 bits per heavy atom. The fourth-order valence-corrected chi connectivity index (χ4v) is 2.95. The van der Waals surface area contributed by atoms with E-state index in [-0.39, 0.29) is 17.3 Å². The van der Waals surface area contributed by atoms with Gasteiger partial charge < -0.3 is 5.32 Å². The van der Waals surface area contributed by atoms with Crippen molar-refractivity contribution in [1.29, 1.82) is 0 Å². The third-order valence-corrected chi connectivity index (χ3v) is 4.53. The van der Waals surface area contributed by atoms with E-state index in [0.717, 1.165) is 10.7 Å². The molecule has 0 atom stereocenters. The second-order valence-electron chi connectivity index (χ2n) is 3.95. The van der Waals surface area contributed by atoms with Crippen LogP contribution in [0.3, 0.4) is 0 Å². The fraction of sp³-hybridized carbons (Fsp3) is 0.455. The molecule has 19 heavy (non-hydrogen) atoms. The van der Waals surface area contributed by atoms with E-state index in [9.17, 15) is 13.2 Å². The highest BCUT2D eigenvalue weighted by atomic mass is 79.9. The number of nitrogens with one attached hydrogen (secondary N) is 1. The number of amides is 1. The molecule has 0 saturated carbocycles. The second kappa shape index (κ2) is 6.97. The van der Waals surface area contributed by atoms with Gasteiger partial charge in [-0.3, -0.25) is 9.78 Å². The van der Waals surface area contributed by atoms with Crippen LogP contribution < -0.4 is 5.32 Å². The summed E-state index contributed by atoms with van der Waals surface area (Å²) in [6.45, 7) is 2.24. The number of hydrogen-bond acceptors (Lipinski definition) is 4. The lowest BCUT2D eigenvalue weighted by atomic mass is 10.4. The van der Waals surface area contributed by atoms with E-state index in [1.54, 1.807) is 0 Å². The molecule has 6 nitrogen and oxygen atoms in total. The van der Waals surface area contributed by atoms with Crippen LogP contribution in [0.4, 0.5) is 0 Å². The first kappa shape index (κ1) is 16.1. The number of carbonyl (C=O) groups is 1. The summed E-state index contributed by atoms with van der Waals surface area (Å²) in [7, 11) is -2.34. The minimum Gasteiger partial charge on any atom is -0.355 e. The number of likely N-dealkylation sites (N-methyl/N-ethyl adjacent to an activating group) is 1. The van der Waals surface area contributed by atoms with E-state index in [1.165, 1.54) is 25.5 Å². The van der Waals surface area contributed by atoms with E-state index >= 15 is 0 Å². The summed E-state index contributed by atoms with van der Waals surface area (Å²) in [5.74, 6) is -0.323. The highest BCUT2D eigenvalue weighted by molar-refractivity contribution is 9.10. The second-order valence-corrected chi connectivity index (χ2v) is 6.91. The SMILES string of the molecule is CCCNC(=O)CN(C)S(=O)(=O)c1cncc(Br)c1. The van der Waals surface area contributed by atoms with Gasteiger partial charge in [-0.1, -0.05) is 6.92 Å². The first-order valence-corrected chi connectivity index (χ1v) is 7.94. The summed E-state index contributed by atoms with van der Waals surface area (Å²) < 4.78 is 25.9. The topological polar surface area (TPSA) is 79.4 Å². The van der Waals surface area contributed by atoms with Crippen molar-refractivity contribution in [3.8, 4) is 0 Å². The van der Waals surface area contributed by atoms with Gasteiger partial charge in [0.05, 0.1) is 6.54 Å². The molecule has 0 saturated heterocycles. The summed E-state index contributed by atoms with van der Waals surface area (Å²) in [5, 5.41) is 2.63. The number of hydrogen-bond donors (Lipinski definition) is 1. The predicted octanol–water partition coefficient (Wildman–Crippen LogP) is 0.991. The van der Waals surface area contributed by atoms with Crippen LogP contribution in [0.5, 0.6) is 0 Å². The van der Waals surface area contributed by atoms with Crippen LogP contribution in [0.25, 0.3) is 0 Å². The Bertz CT molecular complexity index is 548. The summed E-state index contributed by atoms with van der Waals surface area (Å²) in [6.07, 6.45) is 3.55. The Morgan fingerprint density at radius 1 is 1.47 bits per heavy atom. The van der Waals surface area contributed by atoms with Crippen molar-refractivity contribution in [2.75, 3.05) is 20.1 Å². The zero-order valence-corrected chi connectivity index (χ0v) is 13.2. The highest BCUT2D eigenvalue weighted by Crippen LogP contribution is 2.17. The monoisotopic (exact) mass is 349 g/mol. The van der Waals surface area contributed by atoms with Gasteiger partial charge in [-0.25, -0.2) is 8.42 Å². The molecule has 0 fully saturated rings. The smallest absolute Gasteiger partial charge is 0.244 e. The molecule has 0 aromatic carbocycles. The molecule has 0 unspecified atom stereocenters. The molecule has 1 aromatic rings. The largest absolute Gasteiger partial charge is 0.355 e. The number of nitrogens with zero attached hydrogens (tertiary/aromatic N) is 2. The zero-order valence-electron chi connectivity index (χ0n) is 10.8. The molecular formula is C11H16BrN3O3S. The van der Waals surface area contributed by atoms with E-state index in [2.05, 4.69) is 26.2 Å². The first-order valence-electron chi connectivity index (χ1n) is 5.71. The van der Waals surface area contributed by atoms with Gasteiger partial charge in [-0.05, 0) is 28.4 Å². The van der Waals surface area contributed by atoms with Gasteiger partial charge in [0.15, 0.2) is 0 Å². The molecular weight excluding hydrogens is 334 g/mol. The van der Waals surface area contributed by atoms with E-state index in [1.807, 2.05) is 6.92 Å². The van der Waals surface area contributed by atoms with Crippen molar-refractivity contribution < 1.29 is 13.2 Å². The molecule has 0 aliphatic rings. The minimum atomic E-state index is -3.70. The quantitative estimate of drug-likeness (QED) is 0.830. The number of halogens is 1. The summed E-state index contributed by atoms with van der Waals surface area (Å²) in [4.78, 5) is 15.4. The van der Waals surface area contributed by atoms with Crippen LogP contribution in [-0.4, -0.2) is 43.8 Å². The van der Waals surface area contributed by atoms with Gasteiger partial charge in [-0.2, -0.15) is 4.31 Å². The molecule has 1 aromatic heterocycles. The van der Waals surface area contributed by atoms with Crippen LogP contribution in [0.2, 0.25) is 0 Å². The Balaban J connectivity index is 2.80. The molecule has 1 rings (SSSR count). The molecule has 106 valence electrons. The van der Waals surface area contributed by atoms with E-state index in [0.29, 0.717) is 11.0 Å². The molecule has 1 N–H and O–H groups in total. The minimum absolute atomic E-state index is 0.0488. The fourth-order valence-electron chi connectivity index (χ4n) is 1.32. The predicted molar refractivity (Wildman–Crippen MR) is 75.1 cm³/mol. The molecule has 1 heterocycles. The van der Waals surface area contributed by atoms with Crippen LogP contribution >= 0.6 is 15.9 Å². The van der Waals surface area contributed by atoms with Gasteiger partial charge in [0.1, 0.15) is 4.90 Å². The number of carbonyl (C=O) groups excluding carboxylic acids is 1.